The first-order valence-electron chi connectivity index (χ1n) is 7.11. The molecule has 1 unspecified atom stereocenters. The Morgan fingerprint density at radius 3 is 2.43 bits per heavy atom. The predicted molar refractivity (Wildman–Crippen MR) is 91.0 cm³/mol. The van der Waals surface area contributed by atoms with Gasteiger partial charge in [-0.15, -0.1) is 0 Å². The summed E-state index contributed by atoms with van der Waals surface area (Å²) >= 11 is 6.49. The van der Waals surface area contributed by atoms with Gasteiger partial charge < -0.3 is 5.32 Å². The largest absolute Gasteiger partial charge is 0.309 e. The lowest BCUT2D eigenvalue weighted by molar-refractivity contribution is 0.692. The van der Waals surface area contributed by atoms with Crippen LogP contribution in [-0.4, -0.2) is 7.05 Å². The van der Waals surface area contributed by atoms with Crippen molar-refractivity contribution < 1.29 is 0 Å². The number of fused-ring (bicyclic) bond motifs is 1. The molecular weight excluding hydrogens is 278 g/mol. The predicted octanol–water partition coefficient (Wildman–Crippen LogP) is 5.11. The number of rotatable bonds is 3. The maximum atomic E-state index is 6.49. The number of hydrogen-bond donors (Lipinski definition) is 1. The van der Waals surface area contributed by atoms with E-state index in [4.69, 9.17) is 11.6 Å². The first-order valence-corrected chi connectivity index (χ1v) is 7.49. The Balaban J connectivity index is 2.11. The Labute approximate surface area is 130 Å². The van der Waals surface area contributed by atoms with E-state index >= 15 is 0 Å². The maximum absolute atomic E-state index is 6.49. The normalized spacial score (nSPS) is 12.5. The van der Waals surface area contributed by atoms with Gasteiger partial charge in [-0.3, -0.25) is 0 Å². The molecule has 0 aliphatic rings. The van der Waals surface area contributed by atoms with Crippen LogP contribution in [0.4, 0.5) is 0 Å². The quantitative estimate of drug-likeness (QED) is 0.708. The van der Waals surface area contributed by atoms with Crippen molar-refractivity contribution in [2.75, 3.05) is 7.05 Å². The molecule has 0 spiro atoms. The van der Waals surface area contributed by atoms with Gasteiger partial charge in [0.15, 0.2) is 0 Å². The van der Waals surface area contributed by atoms with Crippen molar-refractivity contribution in [3.63, 3.8) is 0 Å². The average molecular weight is 296 g/mol. The van der Waals surface area contributed by atoms with Crippen LogP contribution < -0.4 is 5.32 Å². The molecule has 0 aliphatic heterocycles. The van der Waals surface area contributed by atoms with Gasteiger partial charge in [0.1, 0.15) is 0 Å². The van der Waals surface area contributed by atoms with E-state index in [9.17, 15) is 0 Å². The fraction of sp³-hybridized carbons (Fsp3) is 0.158. The lowest BCUT2D eigenvalue weighted by atomic mass is 9.95. The van der Waals surface area contributed by atoms with Crippen molar-refractivity contribution in [1.82, 2.24) is 5.32 Å². The van der Waals surface area contributed by atoms with E-state index < -0.39 is 0 Å². The highest BCUT2D eigenvalue weighted by molar-refractivity contribution is 6.32. The Hall–Kier alpha value is -1.83. The summed E-state index contributed by atoms with van der Waals surface area (Å²) in [4.78, 5) is 0. The van der Waals surface area contributed by atoms with E-state index in [1.807, 2.05) is 20.0 Å². The van der Waals surface area contributed by atoms with Gasteiger partial charge in [-0.2, -0.15) is 0 Å². The van der Waals surface area contributed by atoms with Gasteiger partial charge in [-0.05, 0) is 47.5 Å². The summed E-state index contributed by atoms with van der Waals surface area (Å²) in [6, 6.07) is 21.3. The molecule has 106 valence electrons. The van der Waals surface area contributed by atoms with Gasteiger partial charge in [-0.25, -0.2) is 0 Å². The maximum Gasteiger partial charge on any atom is 0.0589 e. The standard InChI is InChI=1S/C19H18ClN/c1-13-6-5-9-17(18(13)20)19(21-2)16-11-10-14-7-3-4-8-15(14)12-16/h3-12,19,21H,1-2H3. The van der Waals surface area contributed by atoms with Crippen molar-refractivity contribution in [3.8, 4) is 0 Å². The van der Waals surface area contributed by atoms with Crippen molar-refractivity contribution in [3.05, 3.63) is 82.4 Å². The Kier molecular flexibility index (Phi) is 3.96. The molecule has 3 aromatic carbocycles. The van der Waals surface area contributed by atoms with E-state index in [1.165, 1.54) is 16.3 Å². The Morgan fingerprint density at radius 1 is 0.905 bits per heavy atom. The number of halogens is 1. The first-order chi connectivity index (χ1) is 10.2. The van der Waals surface area contributed by atoms with Crippen molar-refractivity contribution in [2.45, 2.75) is 13.0 Å². The van der Waals surface area contributed by atoms with Gasteiger partial charge in [0, 0.05) is 5.02 Å². The number of aryl methyl sites for hydroxylation is 1. The summed E-state index contributed by atoms with van der Waals surface area (Å²) < 4.78 is 0. The zero-order valence-electron chi connectivity index (χ0n) is 12.2. The third-order valence-electron chi connectivity index (χ3n) is 3.93. The Morgan fingerprint density at radius 2 is 1.67 bits per heavy atom. The molecule has 0 saturated carbocycles. The molecular formula is C19H18ClN. The smallest absolute Gasteiger partial charge is 0.0589 e. The zero-order chi connectivity index (χ0) is 14.8. The lowest BCUT2D eigenvalue weighted by Gasteiger charge is -2.20. The van der Waals surface area contributed by atoms with Crippen LogP contribution in [0.2, 0.25) is 5.02 Å². The molecule has 0 radical (unpaired) electrons. The topological polar surface area (TPSA) is 12.0 Å². The SMILES string of the molecule is CNC(c1ccc2ccccc2c1)c1cccc(C)c1Cl. The van der Waals surface area contributed by atoms with Gasteiger partial charge in [-0.1, -0.05) is 66.2 Å². The monoisotopic (exact) mass is 295 g/mol. The van der Waals surface area contributed by atoms with Crippen molar-refractivity contribution in [1.29, 1.82) is 0 Å². The molecule has 0 fully saturated rings. The third kappa shape index (κ3) is 2.67. The highest BCUT2D eigenvalue weighted by atomic mass is 35.5. The van der Waals surface area contributed by atoms with Crippen LogP contribution in [0.15, 0.2) is 60.7 Å². The van der Waals surface area contributed by atoms with Crippen molar-refractivity contribution in [2.24, 2.45) is 0 Å². The molecule has 2 heteroatoms. The molecule has 0 saturated heterocycles. The van der Waals surface area contributed by atoms with E-state index in [-0.39, 0.29) is 6.04 Å². The van der Waals surface area contributed by atoms with E-state index in [0.29, 0.717) is 0 Å². The van der Waals surface area contributed by atoms with Crippen LogP contribution in [-0.2, 0) is 0 Å². The van der Waals surface area contributed by atoms with Crippen LogP contribution in [0.5, 0.6) is 0 Å². The summed E-state index contributed by atoms with van der Waals surface area (Å²) in [5.41, 5.74) is 3.45. The van der Waals surface area contributed by atoms with Gasteiger partial charge in [0.05, 0.1) is 6.04 Å². The summed E-state index contributed by atoms with van der Waals surface area (Å²) in [7, 11) is 1.97. The second-order valence-electron chi connectivity index (χ2n) is 5.31. The molecule has 0 amide bonds. The van der Waals surface area contributed by atoms with Gasteiger partial charge in [0.25, 0.3) is 0 Å². The number of nitrogens with one attached hydrogen (secondary N) is 1. The van der Waals surface area contributed by atoms with E-state index in [2.05, 4.69) is 59.9 Å². The summed E-state index contributed by atoms with van der Waals surface area (Å²) in [6.07, 6.45) is 0. The molecule has 0 heterocycles. The second-order valence-corrected chi connectivity index (χ2v) is 5.68. The Bertz CT molecular complexity index is 779. The molecule has 3 aromatic rings. The third-order valence-corrected chi connectivity index (χ3v) is 4.44. The molecule has 0 aromatic heterocycles. The van der Waals surface area contributed by atoms with E-state index in [0.717, 1.165) is 16.1 Å². The van der Waals surface area contributed by atoms with Crippen LogP contribution >= 0.6 is 11.6 Å². The highest BCUT2D eigenvalue weighted by Gasteiger charge is 2.16. The molecule has 21 heavy (non-hydrogen) atoms. The number of benzene rings is 3. The van der Waals surface area contributed by atoms with Crippen molar-refractivity contribution >= 4 is 22.4 Å². The average Bonchev–Trinajstić information content (AvgIpc) is 2.52. The first kappa shape index (κ1) is 14.1. The van der Waals surface area contributed by atoms with Crippen LogP contribution in [0.1, 0.15) is 22.7 Å². The van der Waals surface area contributed by atoms with Crippen LogP contribution in [0.25, 0.3) is 10.8 Å². The minimum Gasteiger partial charge on any atom is -0.309 e. The molecule has 1 N–H and O–H groups in total. The molecule has 0 bridgehead atoms. The highest BCUT2D eigenvalue weighted by Crippen LogP contribution is 2.31. The minimum absolute atomic E-state index is 0.0991. The summed E-state index contributed by atoms with van der Waals surface area (Å²) in [5, 5.41) is 6.73. The van der Waals surface area contributed by atoms with Gasteiger partial charge >= 0.3 is 0 Å². The van der Waals surface area contributed by atoms with Crippen LogP contribution in [0.3, 0.4) is 0 Å². The zero-order valence-corrected chi connectivity index (χ0v) is 13.0. The fourth-order valence-electron chi connectivity index (χ4n) is 2.78. The molecule has 1 nitrogen and oxygen atoms in total. The lowest BCUT2D eigenvalue weighted by Crippen LogP contribution is -2.18. The summed E-state index contributed by atoms with van der Waals surface area (Å²) in [5.74, 6) is 0. The number of hydrogen-bond acceptors (Lipinski definition) is 1. The van der Waals surface area contributed by atoms with Gasteiger partial charge in [0.2, 0.25) is 0 Å². The molecule has 1 atom stereocenters. The second kappa shape index (κ2) is 5.88. The molecule has 0 aliphatic carbocycles. The van der Waals surface area contributed by atoms with Crippen LogP contribution in [0, 0.1) is 6.92 Å². The van der Waals surface area contributed by atoms with E-state index in [1.54, 1.807) is 0 Å². The fourth-order valence-corrected chi connectivity index (χ4v) is 3.02. The molecule has 3 rings (SSSR count). The summed E-state index contributed by atoms with van der Waals surface area (Å²) in [6.45, 7) is 2.04. The minimum atomic E-state index is 0.0991.